The molecule has 0 unspecified atom stereocenters. The number of hydrazone groups is 1. The van der Waals surface area contributed by atoms with Crippen molar-refractivity contribution in [2.45, 2.75) is 6.61 Å². The minimum Gasteiger partial charge on any atom is -0.508 e. The van der Waals surface area contributed by atoms with E-state index in [0.29, 0.717) is 22.9 Å². The van der Waals surface area contributed by atoms with E-state index in [1.54, 1.807) is 0 Å². The van der Waals surface area contributed by atoms with Crippen molar-refractivity contribution >= 4 is 23.7 Å². The Morgan fingerprint density at radius 3 is 2.44 bits per heavy atom. The first-order valence-electron chi connectivity index (χ1n) is 8.20. The Kier molecular flexibility index (Phi) is 6.07. The highest BCUT2D eigenvalue weighted by molar-refractivity contribution is 6.31. The molecule has 0 saturated carbocycles. The molecule has 0 aliphatic heterocycles. The van der Waals surface area contributed by atoms with Crippen LogP contribution in [0.15, 0.2) is 77.9 Å². The van der Waals surface area contributed by atoms with Gasteiger partial charge in [0.2, 0.25) is 0 Å². The smallest absolute Gasteiger partial charge is 0.271 e. The fraction of sp³-hybridized carbons (Fsp3) is 0.0476. The maximum atomic E-state index is 11.9. The molecular weight excluding hydrogens is 364 g/mol. The number of rotatable bonds is 6. The van der Waals surface area contributed by atoms with Crippen molar-refractivity contribution in [3.63, 3.8) is 0 Å². The third kappa shape index (κ3) is 5.33. The standard InChI is InChI=1S/C21H17ClN2O3/c22-20-4-2-1-3-17(20)14-27-19-11-5-15(6-12-19)13-23-24-21(26)16-7-9-18(25)10-8-16/h1-13,25H,14H2,(H,24,26). The molecule has 6 heteroatoms. The van der Waals surface area contributed by atoms with Crippen LogP contribution in [-0.4, -0.2) is 17.2 Å². The number of carbonyl (C=O) groups excluding carboxylic acids is 1. The molecule has 3 aromatic carbocycles. The summed E-state index contributed by atoms with van der Waals surface area (Å²) in [6.07, 6.45) is 1.54. The predicted octanol–water partition coefficient (Wildman–Crippen LogP) is 4.39. The zero-order valence-electron chi connectivity index (χ0n) is 14.3. The molecule has 136 valence electrons. The van der Waals surface area contributed by atoms with Crippen molar-refractivity contribution in [1.29, 1.82) is 0 Å². The quantitative estimate of drug-likeness (QED) is 0.492. The maximum Gasteiger partial charge on any atom is 0.271 e. The highest BCUT2D eigenvalue weighted by atomic mass is 35.5. The first kappa shape index (κ1) is 18.5. The normalized spacial score (nSPS) is 10.7. The number of hydrogen-bond acceptors (Lipinski definition) is 4. The van der Waals surface area contributed by atoms with Gasteiger partial charge in [-0.3, -0.25) is 4.79 Å². The lowest BCUT2D eigenvalue weighted by molar-refractivity contribution is 0.0955. The fourth-order valence-electron chi connectivity index (χ4n) is 2.27. The van der Waals surface area contributed by atoms with Crippen LogP contribution >= 0.6 is 11.6 Å². The summed E-state index contributed by atoms with van der Waals surface area (Å²) in [7, 11) is 0. The van der Waals surface area contributed by atoms with Gasteiger partial charge in [-0.15, -0.1) is 0 Å². The van der Waals surface area contributed by atoms with Gasteiger partial charge in [-0.2, -0.15) is 5.10 Å². The Bertz CT molecular complexity index is 938. The summed E-state index contributed by atoms with van der Waals surface area (Å²) >= 11 is 6.11. The zero-order chi connectivity index (χ0) is 19.1. The van der Waals surface area contributed by atoms with Crippen molar-refractivity contribution in [2.24, 2.45) is 5.10 Å². The minimum atomic E-state index is -0.356. The predicted molar refractivity (Wildman–Crippen MR) is 105 cm³/mol. The van der Waals surface area contributed by atoms with Crippen LogP contribution in [0.1, 0.15) is 21.5 Å². The molecule has 1 amide bonds. The van der Waals surface area contributed by atoms with E-state index >= 15 is 0 Å². The maximum absolute atomic E-state index is 11.9. The van der Waals surface area contributed by atoms with Crippen LogP contribution in [0.25, 0.3) is 0 Å². The topological polar surface area (TPSA) is 70.9 Å². The molecule has 0 bridgehead atoms. The Hall–Kier alpha value is -3.31. The van der Waals surface area contributed by atoms with Crippen molar-refractivity contribution in [2.75, 3.05) is 0 Å². The van der Waals surface area contributed by atoms with Crippen molar-refractivity contribution in [3.8, 4) is 11.5 Å². The van der Waals surface area contributed by atoms with Crippen LogP contribution in [0.2, 0.25) is 5.02 Å². The van der Waals surface area contributed by atoms with E-state index < -0.39 is 0 Å². The number of halogens is 1. The Labute approximate surface area is 161 Å². The molecule has 2 N–H and O–H groups in total. The number of hydrogen-bond donors (Lipinski definition) is 2. The lowest BCUT2D eigenvalue weighted by atomic mass is 10.2. The molecule has 0 heterocycles. The van der Waals surface area contributed by atoms with Crippen LogP contribution in [0, 0.1) is 0 Å². The van der Waals surface area contributed by atoms with Gasteiger partial charge in [-0.1, -0.05) is 29.8 Å². The highest BCUT2D eigenvalue weighted by Crippen LogP contribution is 2.18. The average molecular weight is 381 g/mol. The van der Waals surface area contributed by atoms with Crippen LogP contribution in [0.4, 0.5) is 0 Å². The van der Waals surface area contributed by atoms with Gasteiger partial charge < -0.3 is 9.84 Å². The van der Waals surface area contributed by atoms with Crippen LogP contribution in [0.5, 0.6) is 11.5 Å². The molecular formula is C21H17ClN2O3. The summed E-state index contributed by atoms with van der Waals surface area (Å²) in [5, 5.41) is 13.8. The Morgan fingerprint density at radius 2 is 1.74 bits per heavy atom. The third-order valence-electron chi connectivity index (χ3n) is 3.74. The van der Waals surface area contributed by atoms with E-state index in [-0.39, 0.29) is 11.7 Å². The summed E-state index contributed by atoms with van der Waals surface area (Å²) in [6, 6.07) is 20.8. The molecule has 0 fully saturated rings. The number of amides is 1. The lowest BCUT2D eigenvalue weighted by Crippen LogP contribution is -2.17. The SMILES string of the molecule is O=C(NN=Cc1ccc(OCc2ccccc2Cl)cc1)c1ccc(O)cc1. The van der Waals surface area contributed by atoms with E-state index in [9.17, 15) is 9.90 Å². The first-order chi connectivity index (χ1) is 13.1. The van der Waals surface area contributed by atoms with E-state index in [1.807, 2.05) is 48.5 Å². The van der Waals surface area contributed by atoms with Gasteiger partial charge in [0.15, 0.2) is 0 Å². The van der Waals surface area contributed by atoms with Crippen LogP contribution in [-0.2, 0) is 6.61 Å². The largest absolute Gasteiger partial charge is 0.508 e. The Balaban J connectivity index is 1.52. The molecule has 5 nitrogen and oxygen atoms in total. The number of aromatic hydroxyl groups is 1. The number of nitrogens with zero attached hydrogens (tertiary/aromatic N) is 1. The summed E-state index contributed by atoms with van der Waals surface area (Å²) < 4.78 is 5.72. The van der Waals surface area contributed by atoms with Gasteiger partial charge in [-0.25, -0.2) is 5.43 Å². The number of carbonyl (C=O) groups is 1. The number of phenols is 1. The molecule has 0 atom stereocenters. The van der Waals surface area contributed by atoms with Crippen molar-refractivity contribution in [1.82, 2.24) is 5.43 Å². The molecule has 0 aromatic heterocycles. The molecule has 0 spiro atoms. The number of nitrogens with one attached hydrogen (secondary N) is 1. The second-order valence-electron chi connectivity index (χ2n) is 5.70. The molecule has 0 aliphatic rings. The van der Waals surface area contributed by atoms with E-state index in [0.717, 1.165) is 11.1 Å². The average Bonchev–Trinajstić information content (AvgIpc) is 2.69. The van der Waals surface area contributed by atoms with Gasteiger partial charge in [0.1, 0.15) is 18.1 Å². The van der Waals surface area contributed by atoms with Crippen molar-refractivity contribution in [3.05, 3.63) is 94.5 Å². The van der Waals surface area contributed by atoms with Gasteiger partial charge >= 0.3 is 0 Å². The lowest BCUT2D eigenvalue weighted by Gasteiger charge is -2.07. The van der Waals surface area contributed by atoms with Crippen LogP contribution in [0.3, 0.4) is 0 Å². The molecule has 3 aromatic rings. The molecule has 27 heavy (non-hydrogen) atoms. The Morgan fingerprint density at radius 1 is 1.04 bits per heavy atom. The van der Waals surface area contributed by atoms with Gasteiger partial charge in [-0.05, 0) is 60.2 Å². The van der Waals surface area contributed by atoms with Gasteiger partial charge in [0, 0.05) is 16.1 Å². The summed E-state index contributed by atoms with van der Waals surface area (Å²) in [5.41, 5.74) is 4.58. The monoisotopic (exact) mass is 380 g/mol. The summed E-state index contributed by atoms with van der Waals surface area (Å²) in [6.45, 7) is 0.385. The number of phenolic OH excluding ortho intramolecular Hbond substituents is 1. The third-order valence-corrected chi connectivity index (χ3v) is 4.11. The number of benzene rings is 3. The second kappa shape index (κ2) is 8.87. The van der Waals surface area contributed by atoms with E-state index in [1.165, 1.54) is 30.5 Å². The van der Waals surface area contributed by atoms with E-state index in [2.05, 4.69) is 10.5 Å². The first-order valence-corrected chi connectivity index (χ1v) is 8.58. The zero-order valence-corrected chi connectivity index (χ0v) is 15.1. The number of ether oxygens (including phenoxy) is 1. The highest BCUT2D eigenvalue weighted by Gasteiger charge is 2.03. The molecule has 0 radical (unpaired) electrons. The van der Waals surface area contributed by atoms with Crippen LogP contribution < -0.4 is 10.2 Å². The summed E-state index contributed by atoms with van der Waals surface area (Å²) in [4.78, 5) is 11.9. The second-order valence-corrected chi connectivity index (χ2v) is 6.10. The van der Waals surface area contributed by atoms with Crippen molar-refractivity contribution < 1.29 is 14.6 Å². The van der Waals surface area contributed by atoms with Gasteiger partial charge in [0.05, 0.1) is 6.21 Å². The fourth-order valence-corrected chi connectivity index (χ4v) is 2.46. The molecule has 3 rings (SSSR count). The van der Waals surface area contributed by atoms with Gasteiger partial charge in [0.25, 0.3) is 5.91 Å². The summed E-state index contributed by atoms with van der Waals surface area (Å²) in [5.74, 6) is 0.457. The minimum absolute atomic E-state index is 0.104. The molecule has 0 saturated heterocycles. The molecule has 0 aliphatic carbocycles. The van der Waals surface area contributed by atoms with E-state index in [4.69, 9.17) is 16.3 Å².